The van der Waals surface area contributed by atoms with E-state index in [2.05, 4.69) is 25.9 Å². The molecular formula is C26H27N7O2. The number of aromatic nitrogens is 4. The van der Waals surface area contributed by atoms with Crippen molar-refractivity contribution >= 4 is 28.4 Å². The van der Waals surface area contributed by atoms with Crippen molar-refractivity contribution in [3.63, 3.8) is 0 Å². The van der Waals surface area contributed by atoms with Gasteiger partial charge in [-0.2, -0.15) is 0 Å². The molecule has 4 heterocycles. The second kappa shape index (κ2) is 10.0. The molecule has 3 aromatic heterocycles. The van der Waals surface area contributed by atoms with Gasteiger partial charge in [-0.1, -0.05) is 30.3 Å². The fourth-order valence-electron chi connectivity index (χ4n) is 4.18. The first-order valence-electron chi connectivity index (χ1n) is 11.6. The fraction of sp³-hybridized carbons (Fsp3) is 0.269. The standard InChI is InChI=1S/C26H27N7O2/c1-16(17-6-4-3-5-7-17)26(34)32-22-12-18(8-11-29-22)24-31-20-14-28-15-21(35-2)23(20)25(33-24)30-19-9-10-27-13-19/h3-8,11-12,14-16,19,27H,9-10,13H2,1-2H3,(H,29,32,34)(H,30,31,33)/t16-,19+/m0/s1. The van der Waals surface area contributed by atoms with Gasteiger partial charge in [0.2, 0.25) is 5.91 Å². The minimum atomic E-state index is -0.312. The number of nitrogens with one attached hydrogen (secondary N) is 3. The number of methoxy groups -OCH3 is 1. The Labute approximate surface area is 203 Å². The van der Waals surface area contributed by atoms with Crippen molar-refractivity contribution in [2.24, 2.45) is 0 Å². The zero-order valence-corrected chi connectivity index (χ0v) is 19.7. The number of rotatable bonds is 7. The minimum absolute atomic E-state index is 0.134. The maximum Gasteiger partial charge on any atom is 0.232 e. The highest BCUT2D eigenvalue weighted by Crippen LogP contribution is 2.32. The minimum Gasteiger partial charge on any atom is -0.494 e. The van der Waals surface area contributed by atoms with Gasteiger partial charge in [0.15, 0.2) is 5.82 Å². The molecule has 1 fully saturated rings. The summed E-state index contributed by atoms with van der Waals surface area (Å²) in [4.78, 5) is 31.0. The van der Waals surface area contributed by atoms with Gasteiger partial charge in [-0.25, -0.2) is 15.0 Å². The molecule has 1 saturated heterocycles. The van der Waals surface area contributed by atoms with Crippen LogP contribution in [0.4, 0.5) is 11.6 Å². The normalized spacial score (nSPS) is 16.1. The number of hydrogen-bond donors (Lipinski definition) is 3. The van der Waals surface area contributed by atoms with E-state index in [0.717, 1.165) is 36.0 Å². The van der Waals surface area contributed by atoms with Crippen molar-refractivity contribution in [1.29, 1.82) is 0 Å². The highest BCUT2D eigenvalue weighted by atomic mass is 16.5. The molecule has 0 spiro atoms. The predicted octanol–water partition coefficient (Wildman–Crippen LogP) is 3.61. The average Bonchev–Trinajstić information content (AvgIpc) is 3.41. The lowest BCUT2D eigenvalue weighted by Crippen LogP contribution is -2.23. The maximum atomic E-state index is 12.8. The van der Waals surface area contributed by atoms with Crippen molar-refractivity contribution in [2.45, 2.75) is 25.3 Å². The Bertz CT molecular complexity index is 1340. The van der Waals surface area contributed by atoms with E-state index in [4.69, 9.17) is 14.7 Å². The summed E-state index contributed by atoms with van der Waals surface area (Å²) in [6.45, 7) is 3.69. The van der Waals surface area contributed by atoms with E-state index in [1.54, 1.807) is 31.8 Å². The van der Waals surface area contributed by atoms with Gasteiger partial charge in [-0.15, -0.1) is 0 Å². The van der Waals surface area contributed by atoms with Crippen molar-refractivity contribution in [3.8, 4) is 17.1 Å². The lowest BCUT2D eigenvalue weighted by molar-refractivity contribution is -0.117. The van der Waals surface area contributed by atoms with Crippen LogP contribution in [0.2, 0.25) is 0 Å². The molecular weight excluding hydrogens is 442 g/mol. The number of amides is 1. The molecule has 0 radical (unpaired) electrons. The van der Waals surface area contributed by atoms with Crippen LogP contribution in [0.1, 0.15) is 24.8 Å². The second-order valence-corrected chi connectivity index (χ2v) is 8.52. The van der Waals surface area contributed by atoms with Crippen molar-refractivity contribution < 1.29 is 9.53 Å². The third kappa shape index (κ3) is 4.90. The van der Waals surface area contributed by atoms with E-state index >= 15 is 0 Å². The zero-order valence-electron chi connectivity index (χ0n) is 19.7. The van der Waals surface area contributed by atoms with Crippen LogP contribution in [0.25, 0.3) is 22.3 Å². The van der Waals surface area contributed by atoms with Gasteiger partial charge >= 0.3 is 0 Å². The lowest BCUT2D eigenvalue weighted by Gasteiger charge is -2.17. The number of benzene rings is 1. The summed E-state index contributed by atoms with van der Waals surface area (Å²) in [5.74, 6) is 1.81. The van der Waals surface area contributed by atoms with Crippen molar-refractivity contribution in [1.82, 2.24) is 25.3 Å². The first kappa shape index (κ1) is 22.7. The molecule has 9 heteroatoms. The zero-order chi connectivity index (χ0) is 24.2. The van der Waals surface area contributed by atoms with Gasteiger partial charge in [-0.3, -0.25) is 9.78 Å². The molecule has 0 bridgehead atoms. The molecule has 0 aliphatic carbocycles. The fourth-order valence-corrected chi connectivity index (χ4v) is 4.18. The molecule has 9 nitrogen and oxygen atoms in total. The van der Waals surface area contributed by atoms with Gasteiger partial charge in [-0.05, 0) is 37.6 Å². The number of pyridine rings is 2. The van der Waals surface area contributed by atoms with Gasteiger partial charge in [0, 0.05) is 24.3 Å². The van der Waals surface area contributed by atoms with Crippen LogP contribution in [0.3, 0.4) is 0 Å². The Morgan fingerprint density at radius 1 is 1.17 bits per heavy atom. The van der Waals surface area contributed by atoms with E-state index in [9.17, 15) is 4.79 Å². The van der Waals surface area contributed by atoms with Gasteiger partial charge in [0.25, 0.3) is 0 Å². The molecule has 178 valence electrons. The molecule has 0 unspecified atom stereocenters. The van der Waals surface area contributed by atoms with E-state index in [1.807, 2.05) is 43.3 Å². The second-order valence-electron chi connectivity index (χ2n) is 8.52. The number of ether oxygens (including phenoxy) is 1. The van der Waals surface area contributed by atoms with Crippen LogP contribution >= 0.6 is 0 Å². The van der Waals surface area contributed by atoms with Gasteiger partial charge in [0.05, 0.1) is 36.3 Å². The van der Waals surface area contributed by atoms with Gasteiger partial charge in [0.1, 0.15) is 17.4 Å². The van der Waals surface area contributed by atoms with E-state index in [0.29, 0.717) is 28.7 Å². The molecule has 0 saturated carbocycles. The smallest absolute Gasteiger partial charge is 0.232 e. The summed E-state index contributed by atoms with van der Waals surface area (Å²) in [5.41, 5.74) is 2.35. The highest BCUT2D eigenvalue weighted by Gasteiger charge is 2.20. The highest BCUT2D eigenvalue weighted by molar-refractivity contribution is 5.96. The van der Waals surface area contributed by atoms with E-state index in [-0.39, 0.29) is 17.9 Å². The summed E-state index contributed by atoms with van der Waals surface area (Å²) in [7, 11) is 1.61. The Morgan fingerprint density at radius 2 is 2.03 bits per heavy atom. The number of fused-ring (bicyclic) bond motifs is 1. The molecule has 2 atom stereocenters. The predicted molar refractivity (Wildman–Crippen MR) is 136 cm³/mol. The number of hydrogen-bond acceptors (Lipinski definition) is 8. The number of anilines is 2. The van der Waals surface area contributed by atoms with Crippen LogP contribution in [0.5, 0.6) is 5.75 Å². The van der Waals surface area contributed by atoms with Crippen molar-refractivity contribution in [3.05, 3.63) is 66.6 Å². The Morgan fingerprint density at radius 3 is 2.80 bits per heavy atom. The third-order valence-electron chi connectivity index (χ3n) is 6.16. The van der Waals surface area contributed by atoms with E-state index < -0.39 is 0 Å². The Hall–Kier alpha value is -4.11. The number of carbonyl (C=O) groups is 1. The number of carbonyl (C=O) groups excluding carboxylic acids is 1. The molecule has 5 rings (SSSR count). The van der Waals surface area contributed by atoms with Crippen LogP contribution in [0.15, 0.2) is 61.1 Å². The summed E-state index contributed by atoms with van der Waals surface area (Å²) < 4.78 is 5.54. The quantitative estimate of drug-likeness (QED) is 0.376. The average molecular weight is 470 g/mol. The first-order valence-corrected chi connectivity index (χ1v) is 11.6. The van der Waals surface area contributed by atoms with Crippen LogP contribution in [-0.2, 0) is 4.79 Å². The summed E-state index contributed by atoms with van der Waals surface area (Å²) in [5, 5.41) is 10.6. The summed E-state index contributed by atoms with van der Waals surface area (Å²) >= 11 is 0. The largest absolute Gasteiger partial charge is 0.494 e. The van der Waals surface area contributed by atoms with Crippen LogP contribution in [-0.4, -0.2) is 52.1 Å². The maximum absolute atomic E-state index is 12.8. The molecule has 1 aliphatic rings. The Kier molecular flexibility index (Phi) is 6.49. The molecule has 4 aromatic rings. The van der Waals surface area contributed by atoms with E-state index in [1.165, 1.54) is 0 Å². The monoisotopic (exact) mass is 469 g/mol. The topological polar surface area (TPSA) is 114 Å². The first-order chi connectivity index (χ1) is 17.1. The summed E-state index contributed by atoms with van der Waals surface area (Å²) in [6.07, 6.45) is 6.01. The Balaban J connectivity index is 1.47. The molecule has 35 heavy (non-hydrogen) atoms. The number of nitrogens with zero attached hydrogens (tertiary/aromatic N) is 4. The molecule has 3 N–H and O–H groups in total. The lowest BCUT2D eigenvalue weighted by atomic mass is 10.0. The molecule has 1 amide bonds. The van der Waals surface area contributed by atoms with Crippen LogP contribution < -0.4 is 20.7 Å². The molecule has 1 aromatic carbocycles. The third-order valence-corrected chi connectivity index (χ3v) is 6.16. The SMILES string of the molecule is COc1cncc2nc(-c3ccnc(NC(=O)[C@@H](C)c4ccccc4)c3)nc(N[C@@H]3CCNC3)c12. The van der Waals surface area contributed by atoms with Gasteiger partial charge < -0.3 is 20.7 Å². The summed E-state index contributed by atoms with van der Waals surface area (Å²) in [6, 6.07) is 13.5. The van der Waals surface area contributed by atoms with Crippen molar-refractivity contribution in [2.75, 3.05) is 30.8 Å². The molecule has 1 aliphatic heterocycles. The van der Waals surface area contributed by atoms with Crippen LogP contribution in [0, 0.1) is 0 Å².